The van der Waals surface area contributed by atoms with E-state index in [-0.39, 0.29) is 0 Å². The molecule has 0 aliphatic rings. The summed E-state index contributed by atoms with van der Waals surface area (Å²) in [5.74, 6) is 0. The molecule has 0 aromatic rings. The first-order chi connectivity index (χ1) is 8.04. The molecule has 0 rings (SSSR count). The predicted molar refractivity (Wildman–Crippen MR) is 75.6 cm³/mol. The van der Waals surface area contributed by atoms with Gasteiger partial charge in [0.1, 0.15) is 0 Å². The van der Waals surface area contributed by atoms with E-state index in [1.807, 2.05) is 0 Å². The summed E-state index contributed by atoms with van der Waals surface area (Å²) >= 11 is 0. The van der Waals surface area contributed by atoms with Crippen LogP contribution in [0.2, 0.25) is 0 Å². The average molecular weight is 244 g/mol. The van der Waals surface area contributed by atoms with Gasteiger partial charge in [-0.3, -0.25) is 4.90 Å². The Morgan fingerprint density at radius 3 is 2.41 bits per heavy atom. The molecule has 0 saturated heterocycles. The van der Waals surface area contributed by atoms with E-state index in [1.165, 1.54) is 19.3 Å². The van der Waals surface area contributed by atoms with E-state index in [4.69, 9.17) is 4.74 Å². The minimum absolute atomic E-state index is 0.305. The van der Waals surface area contributed by atoms with Crippen LogP contribution in [0.3, 0.4) is 0 Å². The van der Waals surface area contributed by atoms with Crippen LogP contribution in [0.25, 0.3) is 0 Å². The van der Waals surface area contributed by atoms with Crippen LogP contribution >= 0.6 is 0 Å². The van der Waals surface area contributed by atoms with Crippen molar-refractivity contribution in [2.75, 3.05) is 39.9 Å². The lowest BCUT2D eigenvalue weighted by Crippen LogP contribution is -2.44. The Morgan fingerprint density at radius 1 is 1.12 bits per heavy atom. The monoisotopic (exact) mass is 244 g/mol. The molecule has 1 N–H and O–H groups in total. The van der Waals surface area contributed by atoms with Crippen molar-refractivity contribution < 1.29 is 4.74 Å². The van der Waals surface area contributed by atoms with Crippen LogP contribution in [-0.4, -0.2) is 50.3 Å². The van der Waals surface area contributed by atoms with Crippen LogP contribution in [0.1, 0.15) is 47.0 Å². The second kappa shape index (κ2) is 9.86. The summed E-state index contributed by atoms with van der Waals surface area (Å²) in [6, 6.07) is 0. The highest BCUT2D eigenvalue weighted by molar-refractivity contribution is 4.77. The molecule has 0 unspecified atom stereocenters. The molecule has 104 valence electrons. The first-order valence-corrected chi connectivity index (χ1v) is 7.04. The van der Waals surface area contributed by atoms with Crippen LogP contribution < -0.4 is 5.32 Å². The van der Waals surface area contributed by atoms with Crippen LogP contribution in [0.5, 0.6) is 0 Å². The largest absolute Gasteiger partial charge is 0.380 e. The second-order valence-electron chi connectivity index (χ2n) is 5.30. The molecular formula is C14H32N2O. The second-order valence-corrected chi connectivity index (χ2v) is 5.30. The summed E-state index contributed by atoms with van der Waals surface area (Å²) in [6.07, 6.45) is 3.57. The quantitative estimate of drug-likeness (QED) is 0.565. The number of hydrogen-bond acceptors (Lipinski definition) is 3. The van der Waals surface area contributed by atoms with Gasteiger partial charge >= 0.3 is 0 Å². The number of rotatable bonds is 11. The Kier molecular flexibility index (Phi) is 9.79. The zero-order valence-electron chi connectivity index (χ0n) is 12.5. The van der Waals surface area contributed by atoms with Gasteiger partial charge in [0.25, 0.3) is 0 Å². The maximum absolute atomic E-state index is 5.49. The van der Waals surface area contributed by atoms with Crippen molar-refractivity contribution in [2.24, 2.45) is 0 Å². The van der Waals surface area contributed by atoms with E-state index in [2.05, 4.69) is 45.0 Å². The average Bonchev–Trinajstić information content (AvgIpc) is 2.32. The molecular weight excluding hydrogens is 212 g/mol. The normalized spacial score (nSPS) is 12.4. The number of nitrogens with zero attached hydrogens (tertiary/aromatic N) is 1. The van der Waals surface area contributed by atoms with Gasteiger partial charge in [-0.2, -0.15) is 0 Å². The lowest BCUT2D eigenvalue weighted by Gasteiger charge is -2.34. The Morgan fingerprint density at radius 2 is 1.82 bits per heavy atom. The van der Waals surface area contributed by atoms with Gasteiger partial charge in [-0.25, -0.2) is 0 Å². The molecule has 0 aliphatic carbocycles. The van der Waals surface area contributed by atoms with Crippen LogP contribution in [-0.2, 0) is 4.74 Å². The van der Waals surface area contributed by atoms with Crippen molar-refractivity contribution >= 4 is 0 Å². The fourth-order valence-corrected chi connectivity index (χ4v) is 1.44. The standard InChI is InChI=1S/C14H32N2O/c1-6-8-12-17-13-10-15-9-11-16(5)14(3,4)7-2/h15H,6-13H2,1-5H3. The van der Waals surface area contributed by atoms with Gasteiger partial charge in [0, 0.05) is 31.8 Å². The molecule has 0 amide bonds. The summed E-state index contributed by atoms with van der Waals surface area (Å²) in [6.45, 7) is 13.8. The molecule has 3 heteroatoms. The maximum atomic E-state index is 5.49. The van der Waals surface area contributed by atoms with Crippen molar-refractivity contribution in [2.45, 2.75) is 52.5 Å². The van der Waals surface area contributed by atoms with E-state index < -0.39 is 0 Å². The molecule has 0 saturated carbocycles. The molecule has 0 spiro atoms. The predicted octanol–water partition coefficient (Wildman–Crippen LogP) is 2.51. The summed E-state index contributed by atoms with van der Waals surface area (Å²) in [7, 11) is 2.20. The van der Waals surface area contributed by atoms with Crippen LogP contribution in [0.15, 0.2) is 0 Å². The van der Waals surface area contributed by atoms with E-state index in [0.29, 0.717) is 5.54 Å². The van der Waals surface area contributed by atoms with Gasteiger partial charge in [-0.15, -0.1) is 0 Å². The molecule has 0 aliphatic heterocycles. The molecule has 0 atom stereocenters. The zero-order valence-corrected chi connectivity index (χ0v) is 12.5. The Balaban J connectivity index is 3.34. The van der Waals surface area contributed by atoms with Gasteiger partial charge in [0.05, 0.1) is 6.61 Å². The Labute approximate surface area is 108 Å². The smallest absolute Gasteiger partial charge is 0.0590 e. The number of unbranched alkanes of at least 4 members (excludes halogenated alkanes) is 1. The van der Waals surface area contributed by atoms with E-state index in [0.717, 1.165) is 32.8 Å². The lowest BCUT2D eigenvalue weighted by atomic mass is 10.0. The molecule has 0 heterocycles. The summed E-state index contributed by atoms with van der Waals surface area (Å²) in [5, 5.41) is 3.42. The SMILES string of the molecule is CCCCOCCNCCN(C)C(C)(C)CC. The van der Waals surface area contributed by atoms with Gasteiger partial charge in [0.15, 0.2) is 0 Å². The third-order valence-corrected chi connectivity index (χ3v) is 3.59. The van der Waals surface area contributed by atoms with Crippen LogP contribution in [0.4, 0.5) is 0 Å². The van der Waals surface area contributed by atoms with Gasteiger partial charge in [-0.1, -0.05) is 20.3 Å². The van der Waals surface area contributed by atoms with Crippen molar-refractivity contribution in [3.05, 3.63) is 0 Å². The number of likely N-dealkylation sites (N-methyl/N-ethyl adjacent to an activating group) is 1. The molecule has 17 heavy (non-hydrogen) atoms. The number of ether oxygens (including phenoxy) is 1. The van der Waals surface area contributed by atoms with Gasteiger partial charge in [-0.05, 0) is 33.7 Å². The maximum Gasteiger partial charge on any atom is 0.0590 e. The van der Waals surface area contributed by atoms with Crippen molar-refractivity contribution in [1.29, 1.82) is 0 Å². The molecule has 0 fully saturated rings. The summed E-state index contributed by atoms with van der Waals surface area (Å²) in [5.41, 5.74) is 0.305. The molecule has 0 aromatic carbocycles. The fraction of sp³-hybridized carbons (Fsp3) is 1.00. The van der Waals surface area contributed by atoms with Crippen molar-refractivity contribution in [3.63, 3.8) is 0 Å². The third-order valence-electron chi connectivity index (χ3n) is 3.59. The number of hydrogen-bond donors (Lipinski definition) is 1. The van der Waals surface area contributed by atoms with Crippen LogP contribution in [0, 0.1) is 0 Å². The highest BCUT2D eigenvalue weighted by Gasteiger charge is 2.19. The van der Waals surface area contributed by atoms with E-state index >= 15 is 0 Å². The number of nitrogens with one attached hydrogen (secondary N) is 1. The van der Waals surface area contributed by atoms with Crippen molar-refractivity contribution in [1.82, 2.24) is 10.2 Å². The van der Waals surface area contributed by atoms with Crippen molar-refractivity contribution in [3.8, 4) is 0 Å². The summed E-state index contributed by atoms with van der Waals surface area (Å²) < 4.78 is 5.49. The molecule has 0 aromatic heterocycles. The molecule has 0 bridgehead atoms. The van der Waals surface area contributed by atoms with Gasteiger partial charge in [0.2, 0.25) is 0 Å². The molecule has 0 radical (unpaired) electrons. The minimum atomic E-state index is 0.305. The Bertz CT molecular complexity index is 172. The van der Waals surface area contributed by atoms with E-state index in [1.54, 1.807) is 0 Å². The lowest BCUT2D eigenvalue weighted by molar-refractivity contribution is 0.127. The highest BCUT2D eigenvalue weighted by atomic mass is 16.5. The summed E-state index contributed by atoms with van der Waals surface area (Å²) in [4.78, 5) is 2.41. The van der Waals surface area contributed by atoms with Gasteiger partial charge < -0.3 is 10.1 Å². The minimum Gasteiger partial charge on any atom is -0.380 e. The fourth-order valence-electron chi connectivity index (χ4n) is 1.44. The third kappa shape index (κ3) is 8.58. The first-order valence-electron chi connectivity index (χ1n) is 7.04. The topological polar surface area (TPSA) is 24.5 Å². The highest BCUT2D eigenvalue weighted by Crippen LogP contribution is 2.15. The van der Waals surface area contributed by atoms with E-state index in [9.17, 15) is 0 Å². The Hall–Kier alpha value is -0.120. The first kappa shape index (κ1) is 16.9. The zero-order chi connectivity index (χ0) is 13.1. The molecule has 3 nitrogen and oxygen atoms in total.